The lowest BCUT2D eigenvalue weighted by Gasteiger charge is -2.29. The van der Waals surface area contributed by atoms with Crippen LogP contribution in [-0.4, -0.2) is 23.4 Å². The minimum absolute atomic E-state index is 0.341. The van der Waals surface area contributed by atoms with Gasteiger partial charge in [-0.05, 0) is 41.8 Å². The predicted molar refractivity (Wildman–Crippen MR) is 76.0 cm³/mol. The summed E-state index contributed by atoms with van der Waals surface area (Å²) < 4.78 is 1.39. The van der Waals surface area contributed by atoms with Crippen LogP contribution in [0.25, 0.3) is 10.1 Å². The number of nitrogens with zero attached hydrogens (tertiary/aromatic N) is 1. The van der Waals surface area contributed by atoms with Gasteiger partial charge < -0.3 is 0 Å². The van der Waals surface area contributed by atoms with Crippen LogP contribution in [0.1, 0.15) is 18.4 Å². The fourth-order valence-corrected chi connectivity index (χ4v) is 3.84. The molecule has 17 heavy (non-hydrogen) atoms. The van der Waals surface area contributed by atoms with E-state index in [-0.39, 0.29) is 0 Å². The van der Waals surface area contributed by atoms with Gasteiger partial charge in [0.15, 0.2) is 0 Å². The SMILES string of the molecule is ClC1CCCN(Cc2csc3ccccc23)C1. The topological polar surface area (TPSA) is 3.24 Å². The molecule has 0 spiro atoms. The number of alkyl halides is 1. The van der Waals surface area contributed by atoms with Crippen molar-refractivity contribution in [2.24, 2.45) is 0 Å². The van der Waals surface area contributed by atoms with Gasteiger partial charge in [0.2, 0.25) is 0 Å². The highest BCUT2D eigenvalue weighted by Crippen LogP contribution is 2.27. The second-order valence-electron chi connectivity index (χ2n) is 4.73. The standard InChI is InChI=1S/C14H16ClNS/c15-12-4-3-7-16(9-12)8-11-10-17-14-6-2-1-5-13(11)14/h1-2,5-6,10,12H,3-4,7-9H2. The van der Waals surface area contributed by atoms with Crippen LogP contribution in [0.4, 0.5) is 0 Å². The van der Waals surface area contributed by atoms with Gasteiger partial charge >= 0.3 is 0 Å². The number of piperidine rings is 1. The van der Waals surface area contributed by atoms with E-state index in [1.165, 1.54) is 35.0 Å². The zero-order valence-electron chi connectivity index (χ0n) is 9.73. The second kappa shape index (κ2) is 4.97. The van der Waals surface area contributed by atoms with E-state index in [1.807, 2.05) is 11.3 Å². The van der Waals surface area contributed by atoms with Crippen LogP contribution in [-0.2, 0) is 6.54 Å². The molecule has 3 rings (SSSR count). The largest absolute Gasteiger partial charge is 0.298 e. The van der Waals surface area contributed by atoms with Crippen molar-refractivity contribution in [1.29, 1.82) is 0 Å². The molecule has 90 valence electrons. The molecule has 0 bridgehead atoms. The zero-order valence-corrected chi connectivity index (χ0v) is 11.3. The van der Waals surface area contributed by atoms with Crippen molar-refractivity contribution < 1.29 is 0 Å². The lowest BCUT2D eigenvalue weighted by molar-refractivity contribution is 0.225. The summed E-state index contributed by atoms with van der Waals surface area (Å²) in [7, 11) is 0. The second-order valence-corrected chi connectivity index (χ2v) is 6.26. The summed E-state index contributed by atoms with van der Waals surface area (Å²) in [5.74, 6) is 0. The van der Waals surface area contributed by atoms with Crippen molar-refractivity contribution in [1.82, 2.24) is 4.90 Å². The minimum Gasteiger partial charge on any atom is -0.298 e. The van der Waals surface area contributed by atoms with Gasteiger partial charge in [-0.15, -0.1) is 22.9 Å². The Morgan fingerprint density at radius 1 is 1.35 bits per heavy atom. The van der Waals surface area contributed by atoms with Crippen molar-refractivity contribution in [2.75, 3.05) is 13.1 Å². The van der Waals surface area contributed by atoms with Gasteiger partial charge in [-0.1, -0.05) is 18.2 Å². The molecule has 0 N–H and O–H groups in total. The zero-order chi connectivity index (χ0) is 11.7. The number of benzene rings is 1. The first kappa shape index (κ1) is 11.5. The number of hydrogen-bond acceptors (Lipinski definition) is 2. The first-order chi connectivity index (χ1) is 8.33. The van der Waals surface area contributed by atoms with Crippen LogP contribution >= 0.6 is 22.9 Å². The minimum atomic E-state index is 0.341. The van der Waals surface area contributed by atoms with Crippen molar-refractivity contribution in [3.05, 3.63) is 35.2 Å². The van der Waals surface area contributed by atoms with Gasteiger partial charge in [-0.2, -0.15) is 0 Å². The van der Waals surface area contributed by atoms with Crippen LogP contribution in [0, 0.1) is 0 Å². The molecular formula is C14H16ClNS. The van der Waals surface area contributed by atoms with Gasteiger partial charge in [0, 0.05) is 23.2 Å². The predicted octanol–water partition coefficient (Wildman–Crippen LogP) is 4.10. The van der Waals surface area contributed by atoms with Crippen LogP contribution < -0.4 is 0 Å². The van der Waals surface area contributed by atoms with Crippen molar-refractivity contribution in [2.45, 2.75) is 24.8 Å². The molecule has 1 aromatic heterocycles. The van der Waals surface area contributed by atoms with E-state index in [0.717, 1.165) is 13.1 Å². The highest BCUT2D eigenvalue weighted by Gasteiger charge is 2.18. The molecule has 1 nitrogen and oxygen atoms in total. The summed E-state index contributed by atoms with van der Waals surface area (Å²) in [5, 5.41) is 4.05. The molecule has 1 saturated heterocycles. The third-order valence-corrected chi connectivity index (χ3v) is 4.77. The maximum Gasteiger partial charge on any atom is 0.0463 e. The molecule has 0 radical (unpaired) electrons. The average molecular weight is 266 g/mol. The third-order valence-electron chi connectivity index (χ3n) is 3.40. The number of halogens is 1. The highest BCUT2D eigenvalue weighted by molar-refractivity contribution is 7.17. The Morgan fingerprint density at radius 3 is 3.12 bits per heavy atom. The number of rotatable bonds is 2. The molecule has 1 unspecified atom stereocenters. The molecule has 0 aliphatic carbocycles. The lowest BCUT2D eigenvalue weighted by atomic mass is 10.1. The maximum absolute atomic E-state index is 6.23. The van der Waals surface area contributed by atoms with Gasteiger partial charge in [-0.3, -0.25) is 4.90 Å². The van der Waals surface area contributed by atoms with Gasteiger partial charge in [0.25, 0.3) is 0 Å². The summed E-state index contributed by atoms with van der Waals surface area (Å²) in [6, 6.07) is 8.66. The fraction of sp³-hybridized carbons (Fsp3) is 0.429. The van der Waals surface area contributed by atoms with Crippen molar-refractivity contribution >= 4 is 33.0 Å². The molecule has 2 aromatic rings. The molecule has 1 fully saturated rings. The van der Waals surface area contributed by atoms with Gasteiger partial charge in [0.1, 0.15) is 0 Å². The Balaban J connectivity index is 1.80. The lowest BCUT2D eigenvalue weighted by Crippen LogP contribution is -2.35. The van der Waals surface area contributed by atoms with Crippen LogP contribution in [0.2, 0.25) is 0 Å². The summed E-state index contributed by atoms with van der Waals surface area (Å²) in [6.45, 7) is 3.27. The van der Waals surface area contributed by atoms with Gasteiger partial charge in [0.05, 0.1) is 0 Å². The maximum atomic E-state index is 6.23. The average Bonchev–Trinajstić information content (AvgIpc) is 2.73. The van der Waals surface area contributed by atoms with E-state index in [4.69, 9.17) is 11.6 Å². The molecular weight excluding hydrogens is 250 g/mol. The van der Waals surface area contributed by atoms with Crippen LogP contribution in [0.3, 0.4) is 0 Å². The Hall–Kier alpha value is -0.570. The van der Waals surface area contributed by atoms with E-state index in [0.29, 0.717) is 5.38 Å². The smallest absolute Gasteiger partial charge is 0.0463 e. The molecule has 1 aliphatic rings. The molecule has 2 heterocycles. The number of thiophene rings is 1. The fourth-order valence-electron chi connectivity index (χ4n) is 2.54. The highest BCUT2D eigenvalue weighted by atomic mass is 35.5. The Kier molecular flexibility index (Phi) is 3.37. The quantitative estimate of drug-likeness (QED) is 0.739. The van der Waals surface area contributed by atoms with E-state index >= 15 is 0 Å². The normalized spacial score (nSPS) is 22.1. The van der Waals surface area contributed by atoms with E-state index in [1.54, 1.807) is 0 Å². The van der Waals surface area contributed by atoms with E-state index in [2.05, 4.69) is 34.5 Å². The number of fused-ring (bicyclic) bond motifs is 1. The van der Waals surface area contributed by atoms with Gasteiger partial charge in [-0.25, -0.2) is 0 Å². The first-order valence-electron chi connectivity index (χ1n) is 6.14. The van der Waals surface area contributed by atoms with E-state index < -0.39 is 0 Å². The summed E-state index contributed by atoms with van der Waals surface area (Å²) in [4.78, 5) is 2.48. The monoisotopic (exact) mass is 265 g/mol. The number of hydrogen-bond donors (Lipinski definition) is 0. The third kappa shape index (κ3) is 2.49. The van der Waals surface area contributed by atoms with Crippen LogP contribution in [0.15, 0.2) is 29.6 Å². The summed E-state index contributed by atoms with van der Waals surface area (Å²) in [6.07, 6.45) is 2.40. The molecule has 0 amide bonds. The molecule has 1 aliphatic heterocycles. The van der Waals surface area contributed by atoms with Crippen molar-refractivity contribution in [3.63, 3.8) is 0 Å². The Morgan fingerprint density at radius 2 is 2.24 bits per heavy atom. The Bertz CT molecular complexity index is 508. The molecule has 3 heteroatoms. The molecule has 0 saturated carbocycles. The molecule has 1 aromatic carbocycles. The van der Waals surface area contributed by atoms with E-state index in [9.17, 15) is 0 Å². The van der Waals surface area contributed by atoms with Crippen LogP contribution in [0.5, 0.6) is 0 Å². The Labute approximate surface area is 111 Å². The van der Waals surface area contributed by atoms with Crippen molar-refractivity contribution in [3.8, 4) is 0 Å². The molecule has 1 atom stereocenters. The number of likely N-dealkylation sites (tertiary alicyclic amines) is 1. The summed E-state index contributed by atoms with van der Waals surface area (Å²) >= 11 is 8.07. The summed E-state index contributed by atoms with van der Waals surface area (Å²) in [5.41, 5.74) is 1.45. The first-order valence-corrected chi connectivity index (χ1v) is 7.46.